The minimum atomic E-state index is -0.833. The molecule has 0 aliphatic carbocycles. The third kappa shape index (κ3) is 3.17. The van der Waals surface area contributed by atoms with E-state index in [4.69, 9.17) is 0 Å². The van der Waals surface area contributed by atoms with Crippen molar-refractivity contribution >= 4 is 17.6 Å². The Morgan fingerprint density at radius 3 is 2.48 bits per heavy atom. The lowest BCUT2D eigenvalue weighted by Crippen LogP contribution is -2.37. The predicted molar refractivity (Wildman–Crippen MR) is 81.3 cm³/mol. The van der Waals surface area contributed by atoms with Crippen molar-refractivity contribution in [2.24, 2.45) is 5.41 Å². The Kier molecular flexibility index (Phi) is 4.21. The molecule has 1 fully saturated rings. The highest BCUT2D eigenvalue weighted by Crippen LogP contribution is 2.30. The van der Waals surface area contributed by atoms with Gasteiger partial charge in [0.2, 0.25) is 5.91 Å². The first kappa shape index (κ1) is 15.4. The maximum absolute atomic E-state index is 12.2. The standard InChI is InChI=1S/C16H22N2O3/c1-11-5-4-6-12(2)14(11)17-9-13(19)18-8-7-16(3,10-18)15(20)21/h4-6,17H,7-10H2,1-3H3,(H,20,21). The number of anilines is 1. The quantitative estimate of drug-likeness (QED) is 0.890. The highest BCUT2D eigenvalue weighted by Gasteiger charge is 2.41. The zero-order valence-corrected chi connectivity index (χ0v) is 12.8. The molecule has 5 heteroatoms. The number of nitrogens with one attached hydrogen (secondary N) is 1. The molecule has 114 valence electrons. The maximum Gasteiger partial charge on any atom is 0.311 e. The number of likely N-dealkylation sites (tertiary alicyclic amines) is 1. The lowest BCUT2D eigenvalue weighted by molar-refractivity contribution is -0.147. The Hall–Kier alpha value is -2.04. The van der Waals surface area contributed by atoms with Crippen molar-refractivity contribution in [3.8, 4) is 0 Å². The lowest BCUT2D eigenvalue weighted by atomic mass is 9.90. The van der Waals surface area contributed by atoms with Crippen LogP contribution in [0.3, 0.4) is 0 Å². The van der Waals surface area contributed by atoms with Crippen molar-refractivity contribution in [1.82, 2.24) is 4.90 Å². The third-order valence-corrected chi connectivity index (χ3v) is 4.24. The maximum atomic E-state index is 12.2. The fraction of sp³-hybridized carbons (Fsp3) is 0.500. The normalized spacial score (nSPS) is 21.4. The molecule has 0 radical (unpaired) electrons. The summed E-state index contributed by atoms with van der Waals surface area (Å²) in [6, 6.07) is 5.98. The number of hydrogen-bond donors (Lipinski definition) is 2. The molecule has 0 saturated carbocycles. The molecule has 0 aromatic heterocycles. The van der Waals surface area contributed by atoms with E-state index in [2.05, 4.69) is 5.32 Å². The number of nitrogens with zero attached hydrogens (tertiary/aromatic N) is 1. The van der Waals surface area contributed by atoms with Gasteiger partial charge in [-0.05, 0) is 38.3 Å². The summed E-state index contributed by atoms with van der Waals surface area (Å²) in [7, 11) is 0. The Labute approximate surface area is 125 Å². The van der Waals surface area contributed by atoms with Crippen molar-refractivity contribution in [3.05, 3.63) is 29.3 Å². The Balaban J connectivity index is 1.96. The first-order chi connectivity index (χ1) is 9.83. The molecule has 1 atom stereocenters. The summed E-state index contributed by atoms with van der Waals surface area (Å²) in [5, 5.41) is 12.4. The lowest BCUT2D eigenvalue weighted by Gasteiger charge is -2.21. The number of benzene rings is 1. The van der Waals surface area contributed by atoms with E-state index in [0.717, 1.165) is 16.8 Å². The van der Waals surface area contributed by atoms with E-state index in [-0.39, 0.29) is 19.0 Å². The minimum absolute atomic E-state index is 0.0531. The monoisotopic (exact) mass is 290 g/mol. The molecule has 21 heavy (non-hydrogen) atoms. The van der Waals surface area contributed by atoms with Gasteiger partial charge in [-0.25, -0.2) is 0 Å². The van der Waals surface area contributed by atoms with Gasteiger partial charge in [-0.3, -0.25) is 9.59 Å². The zero-order valence-electron chi connectivity index (χ0n) is 12.8. The van der Waals surface area contributed by atoms with Gasteiger partial charge in [-0.1, -0.05) is 18.2 Å². The van der Waals surface area contributed by atoms with E-state index in [1.807, 2.05) is 32.0 Å². The highest BCUT2D eigenvalue weighted by atomic mass is 16.4. The highest BCUT2D eigenvalue weighted by molar-refractivity contribution is 5.83. The Morgan fingerprint density at radius 1 is 1.33 bits per heavy atom. The summed E-state index contributed by atoms with van der Waals surface area (Å²) >= 11 is 0. The van der Waals surface area contributed by atoms with Gasteiger partial charge >= 0.3 is 5.97 Å². The average molecular weight is 290 g/mol. The molecule has 1 aliphatic rings. The van der Waals surface area contributed by atoms with E-state index in [0.29, 0.717) is 13.0 Å². The number of carboxylic acid groups (broad SMARTS) is 1. The van der Waals surface area contributed by atoms with Crippen LogP contribution < -0.4 is 5.32 Å². The Morgan fingerprint density at radius 2 is 1.95 bits per heavy atom. The fourth-order valence-electron chi connectivity index (χ4n) is 2.72. The van der Waals surface area contributed by atoms with Gasteiger partial charge in [-0.15, -0.1) is 0 Å². The van der Waals surface area contributed by atoms with Crippen molar-refractivity contribution in [2.75, 3.05) is 25.0 Å². The molecule has 1 heterocycles. The van der Waals surface area contributed by atoms with Crippen LogP contribution >= 0.6 is 0 Å². The van der Waals surface area contributed by atoms with E-state index >= 15 is 0 Å². The van der Waals surface area contributed by atoms with Crippen LogP contribution in [-0.4, -0.2) is 41.5 Å². The minimum Gasteiger partial charge on any atom is -0.481 e. The van der Waals surface area contributed by atoms with Crippen molar-refractivity contribution in [2.45, 2.75) is 27.2 Å². The molecule has 0 bridgehead atoms. The van der Waals surface area contributed by atoms with Crippen molar-refractivity contribution in [3.63, 3.8) is 0 Å². The summed E-state index contributed by atoms with van der Waals surface area (Å²) in [6.07, 6.45) is 0.511. The van der Waals surface area contributed by atoms with Crippen LogP contribution in [0, 0.1) is 19.3 Å². The van der Waals surface area contributed by atoms with E-state index in [9.17, 15) is 14.7 Å². The number of aliphatic carboxylic acids is 1. The van der Waals surface area contributed by atoms with Crippen LogP contribution in [0.5, 0.6) is 0 Å². The fourth-order valence-corrected chi connectivity index (χ4v) is 2.72. The number of aryl methyl sites for hydroxylation is 2. The molecule has 0 spiro atoms. The number of rotatable bonds is 4. The van der Waals surface area contributed by atoms with Gasteiger partial charge in [0.05, 0.1) is 12.0 Å². The number of hydrogen-bond acceptors (Lipinski definition) is 3. The van der Waals surface area contributed by atoms with Gasteiger partial charge in [0.25, 0.3) is 0 Å². The van der Waals surface area contributed by atoms with Crippen molar-refractivity contribution < 1.29 is 14.7 Å². The molecule has 5 nitrogen and oxygen atoms in total. The molecule has 1 unspecified atom stereocenters. The molecule has 1 saturated heterocycles. The van der Waals surface area contributed by atoms with E-state index in [1.54, 1.807) is 11.8 Å². The second kappa shape index (κ2) is 5.76. The van der Waals surface area contributed by atoms with E-state index in [1.165, 1.54) is 0 Å². The van der Waals surface area contributed by atoms with Gasteiger partial charge in [0.15, 0.2) is 0 Å². The van der Waals surface area contributed by atoms with Crippen LogP contribution in [0.4, 0.5) is 5.69 Å². The SMILES string of the molecule is Cc1cccc(C)c1NCC(=O)N1CCC(C)(C(=O)O)C1. The zero-order chi connectivity index (χ0) is 15.6. The predicted octanol–water partition coefficient (Wildman–Crippen LogP) is 2.04. The van der Waals surface area contributed by atoms with Crippen LogP contribution in [-0.2, 0) is 9.59 Å². The van der Waals surface area contributed by atoms with Gasteiger partial charge in [0, 0.05) is 18.8 Å². The molecule has 1 aromatic rings. The number of carbonyl (C=O) groups is 2. The summed E-state index contributed by atoms with van der Waals surface area (Å²) in [6.45, 7) is 6.68. The first-order valence-corrected chi connectivity index (χ1v) is 7.15. The molecule has 2 rings (SSSR count). The van der Waals surface area contributed by atoms with Crippen LogP contribution in [0.2, 0.25) is 0 Å². The summed E-state index contributed by atoms with van der Waals surface area (Å²) in [5.74, 6) is -0.886. The second-order valence-electron chi connectivity index (χ2n) is 6.05. The topological polar surface area (TPSA) is 69.6 Å². The van der Waals surface area contributed by atoms with Gasteiger partial charge < -0.3 is 15.3 Å². The number of amides is 1. The van der Waals surface area contributed by atoms with Crippen molar-refractivity contribution in [1.29, 1.82) is 0 Å². The molecule has 1 amide bonds. The van der Waals surface area contributed by atoms with Gasteiger partial charge in [0.1, 0.15) is 0 Å². The summed E-state index contributed by atoms with van der Waals surface area (Å²) in [4.78, 5) is 25.1. The number of carbonyl (C=O) groups excluding carboxylic acids is 1. The molecular weight excluding hydrogens is 268 g/mol. The van der Waals surface area contributed by atoms with E-state index < -0.39 is 11.4 Å². The Bertz CT molecular complexity index is 550. The number of carboxylic acids is 1. The van der Waals surface area contributed by atoms with Crippen LogP contribution in [0.25, 0.3) is 0 Å². The molecule has 2 N–H and O–H groups in total. The molecule has 1 aliphatic heterocycles. The molecular formula is C16H22N2O3. The molecule has 1 aromatic carbocycles. The van der Waals surface area contributed by atoms with Crippen LogP contribution in [0.1, 0.15) is 24.5 Å². The average Bonchev–Trinajstić information content (AvgIpc) is 2.82. The van der Waals surface area contributed by atoms with Crippen LogP contribution in [0.15, 0.2) is 18.2 Å². The largest absolute Gasteiger partial charge is 0.481 e. The van der Waals surface area contributed by atoms with Gasteiger partial charge in [-0.2, -0.15) is 0 Å². The number of para-hydroxylation sites is 1. The summed E-state index contributed by atoms with van der Waals surface area (Å²) in [5.41, 5.74) is 2.36. The smallest absolute Gasteiger partial charge is 0.311 e. The first-order valence-electron chi connectivity index (χ1n) is 7.15. The second-order valence-corrected chi connectivity index (χ2v) is 6.05. The summed E-state index contributed by atoms with van der Waals surface area (Å²) < 4.78 is 0. The third-order valence-electron chi connectivity index (χ3n) is 4.24.